The Morgan fingerprint density at radius 1 is 1.40 bits per heavy atom. The smallest absolute Gasteiger partial charge is 0.276 e. The molecule has 0 aliphatic rings. The lowest BCUT2D eigenvalue weighted by molar-refractivity contribution is -0.115. The number of nitrogens with zero attached hydrogens (tertiary/aromatic N) is 2. The van der Waals surface area contributed by atoms with Crippen molar-refractivity contribution in [1.29, 1.82) is 0 Å². The number of aryl methyl sites for hydroxylation is 1. The van der Waals surface area contributed by atoms with Crippen molar-refractivity contribution in [3.8, 4) is 11.3 Å². The Kier molecular flexibility index (Phi) is 4.64. The molecular formula is C12H9BrCl3N3O. The highest BCUT2D eigenvalue weighted by molar-refractivity contribution is 9.10. The third kappa shape index (κ3) is 3.47. The largest absolute Gasteiger partial charge is 0.322 e. The number of amides is 1. The Bertz CT molecular complexity index is 632. The van der Waals surface area contributed by atoms with Gasteiger partial charge in [0.2, 0.25) is 0 Å². The van der Waals surface area contributed by atoms with E-state index >= 15 is 0 Å². The molecule has 4 nitrogen and oxygen atoms in total. The fourth-order valence-corrected chi connectivity index (χ4v) is 2.40. The van der Waals surface area contributed by atoms with Gasteiger partial charge in [-0.15, -0.1) is 0 Å². The zero-order chi connectivity index (χ0) is 14.9. The van der Waals surface area contributed by atoms with Gasteiger partial charge in [0.15, 0.2) is 0 Å². The molecule has 1 N–H and O–H groups in total. The number of nitrogens with one attached hydrogen (secondary N) is 1. The highest BCUT2D eigenvalue weighted by Gasteiger charge is 2.30. The Labute approximate surface area is 139 Å². The van der Waals surface area contributed by atoms with Gasteiger partial charge in [-0.05, 0) is 28.1 Å². The zero-order valence-electron chi connectivity index (χ0n) is 10.2. The lowest BCUT2D eigenvalue weighted by Crippen LogP contribution is -2.26. The van der Waals surface area contributed by atoms with E-state index in [1.54, 1.807) is 29.1 Å². The number of carbonyl (C=O) groups excluding carboxylic acids is 1. The minimum Gasteiger partial charge on any atom is -0.322 e. The lowest BCUT2D eigenvalue weighted by atomic mass is 10.1. The quantitative estimate of drug-likeness (QED) is 0.774. The molecule has 0 unspecified atom stereocenters. The Balaban J connectivity index is 2.32. The van der Waals surface area contributed by atoms with Crippen LogP contribution in [-0.2, 0) is 11.8 Å². The Morgan fingerprint density at radius 3 is 2.65 bits per heavy atom. The molecule has 0 aliphatic carbocycles. The molecule has 0 bridgehead atoms. The molecule has 2 aromatic rings. The summed E-state index contributed by atoms with van der Waals surface area (Å²) in [4.78, 5) is 11.6. The molecule has 1 aromatic heterocycles. The second kappa shape index (κ2) is 5.93. The highest BCUT2D eigenvalue weighted by atomic mass is 79.9. The van der Waals surface area contributed by atoms with Crippen molar-refractivity contribution >= 4 is 62.3 Å². The predicted octanol–water partition coefficient (Wildman–Crippen LogP) is 4.16. The molecule has 0 saturated heterocycles. The van der Waals surface area contributed by atoms with Gasteiger partial charge in [-0.25, -0.2) is 0 Å². The van der Waals surface area contributed by atoms with Crippen LogP contribution in [-0.4, -0.2) is 19.5 Å². The van der Waals surface area contributed by atoms with Crippen LogP contribution >= 0.6 is 50.7 Å². The van der Waals surface area contributed by atoms with Gasteiger partial charge >= 0.3 is 0 Å². The molecule has 1 heterocycles. The molecule has 0 saturated carbocycles. The van der Waals surface area contributed by atoms with Crippen LogP contribution in [0.3, 0.4) is 0 Å². The van der Waals surface area contributed by atoms with Crippen molar-refractivity contribution in [2.75, 3.05) is 5.32 Å². The number of rotatable bonds is 2. The van der Waals surface area contributed by atoms with E-state index in [4.69, 9.17) is 34.8 Å². The van der Waals surface area contributed by atoms with Crippen molar-refractivity contribution in [1.82, 2.24) is 9.78 Å². The average molecular weight is 397 g/mol. The summed E-state index contributed by atoms with van der Waals surface area (Å²) in [7, 11) is 1.83. The molecule has 8 heteroatoms. The number of carbonyl (C=O) groups is 1. The number of benzene rings is 1. The van der Waals surface area contributed by atoms with Crippen molar-refractivity contribution in [3.63, 3.8) is 0 Å². The van der Waals surface area contributed by atoms with Crippen LogP contribution < -0.4 is 5.32 Å². The van der Waals surface area contributed by atoms with E-state index < -0.39 is 9.70 Å². The maximum atomic E-state index is 11.6. The second-order valence-corrected chi connectivity index (χ2v) is 7.13. The molecule has 1 aromatic carbocycles. The summed E-state index contributed by atoms with van der Waals surface area (Å²) in [6.45, 7) is 0. The van der Waals surface area contributed by atoms with E-state index in [-0.39, 0.29) is 0 Å². The number of aromatic nitrogens is 2. The lowest BCUT2D eigenvalue weighted by Gasteiger charge is -2.12. The third-order valence-corrected chi connectivity index (χ3v) is 3.64. The summed E-state index contributed by atoms with van der Waals surface area (Å²) in [6, 6.07) is 7.17. The van der Waals surface area contributed by atoms with E-state index in [9.17, 15) is 4.79 Å². The summed E-state index contributed by atoms with van der Waals surface area (Å²) < 4.78 is 0.577. The van der Waals surface area contributed by atoms with E-state index in [1.165, 1.54) is 0 Å². The van der Waals surface area contributed by atoms with Gasteiger partial charge in [0.05, 0.1) is 16.4 Å². The molecular weight excluding hydrogens is 388 g/mol. The number of halogens is 4. The van der Waals surface area contributed by atoms with Gasteiger partial charge in [0.25, 0.3) is 9.70 Å². The SMILES string of the molecule is Cn1ncc(Br)c1-c1cccc(NC(=O)C(Cl)(Cl)Cl)c1. The van der Waals surface area contributed by atoms with Gasteiger partial charge in [-0.2, -0.15) is 5.10 Å². The maximum absolute atomic E-state index is 11.6. The van der Waals surface area contributed by atoms with E-state index in [0.717, 1.165) is 15.7 Å². The van der Waals surface area contributed by atoms with E-state index in [0.29, 0.717) is 5.69 Å². The van der Waals surface area contributed by atoms with Crippen LogP contribution in [0.5, 0.6) is 0 Å². The topological polar surface area (TPSA) is 46.9 Å². The maximum Gasteiger partial charge on any atom is 0.276 e. The Hall–Kier alpha value is -0.750. The highest BCUT2D eigenvalue weighted by Crippen LogP contribution is 2.31. The van der Waals surface area contributed by atoms with Crippen LogP contribution in [0.15, 0.2) is 34.9 Å². The van der Waals surface area contributed by atoms with Crippen molar-refractivity contribution in [2.24, 2.45) is 7.05 Å². The number of anilines is 1. The molecule has 2 rings (SSSR count). The van der Waals surface area contributed by atoms with Gasteiger partial charge < -0.3 is 5.32 Å². The fraction of sp³-hybridized carbons (Fsp3) is 0.167. The molecule has 0 radical (unpaired) electrons. The molecule has 1 amide bonds. The summed E-state index contributed by atoms with van der Waals surface area (Å²) in [6.07, 6.45) is 1.70. The van der Waals surface area contributed by atoms with Crippen molar-refractivity contribution in [2.45, 2.75) is 3.79 Å². The minimum absolute atomic E-state index is 0.534. The fourth-order valence-electron chi connectivity index (χ4n) is 1.68. The van der Waals surface area contributed by atoms with Crippen molar-refractivity contribution in [3.05, 3.63) is 34.9 Å². The van der Waals surface area contributed by atoms with Crippen LogP contribution in [0.25, 0.3) is 11.3 Å². The number of hydrogen-bond donors (Lipinski definition) is 1. The molecule has 20 heavy (non-hydrogen) atoms. The van der Waals surface area contributed by atoms with E-state index in [1.807, 2.05) is 13.1 Å². The van der Waals surface area contributed by atoms with Gasteiger partial charge in [0, 0.05) is 18.3 Å². The first-order valence-electron chi connectivity index (χ1n) is 5.45. The average Bonchev–Trinajstić information content (AvgIpc) is 2.68. The van der Waals surface area contributed by atoms with E-state index in [2.05, 4.69) is 26.3 Å². The molecule has 106 valence electrons. The first-order valence-corrected chi connectivity index (χ1v) is 7.38. The van der Waals surface area contributed by atoms with Crippen LogP contribution in [0.1, 0.15) is 0 Å². The summed E-state index contributed by atoms with van der Waals surface area (Å²) >= 11 is 20.0. The van der Waals surface area contributed by atoms with Gasteiger partial charge in [0.1, 0.15) is 0 Å². The summed E-state index contributed by atoms with van der Waals surface area (Å²) in [5, 5.41) is 6.68. The predicted molar refractivity (Wildman–Crippen MR) is 85.3 cm³/mol. The van der Waals surface area contributed by atoms with Crippen molar-refractivity contribution < 1.29 is 4.79 Å². The van der Waals surface area contributed by atoms with Crippen LogP contribution in [0, 0.1) is 0 Å². The third-order valence-electron chi connectivity index (χ3n) is 2.55. The second-order valence-electron chi connectivity index (χ2n) is 4.00. The summed E-state index contributed by atoms with van der Waals surface area (Å²) in [5.41, 5.74) is 2.29. The number of alkyl halides is 3. The molecule has 0 atom stereocenters. The zero-order valence-corrected chi connectivity index (χ0v) is 14.1. The molecule has 0 fully saturated rings. The molecule has 0 aliphatic heterocycles. The first kappa shape index (κ1) is 15.6. The van der Waals surface area contributed by atoms with Crippen LogP contribution in [0.2, 0.25) is 0 Å². The Morgan fingerprint density at radius 2 is 2.10 bits per heavy atom. The number of hydrogen-bond acceptors (Lipinski definition) is 2. The normalized spacial score (nSPS) is 11.4. The first-order chi connectivity index (χ1) is 9.29. The molecule has 0 spiro atoms. The van der Waals surface area contributed by atoms with Gasteiger partial charge in [-0.1, -0.05) is 46.9 Å². The standard InChI is InChI=1S/C12H9BrCl3N3O/c1-19-10(9(13)6-17-19)7-3-2-4-8(5-7)18-11(20)12(14,15)16/h2-6H,1H3,(H,18,20). The van der Waals surface area contributed by atoms with Crippen LogP contribution in [0.4, 0.5) is 5.69 Å². The van der Waals surface area contributed by atoms with Gasteiger partial charge in [-0.3, -0.25) is 9.48 Å². The minimum atomic E-state index is -2.00. The monoisotopic (exact) mass is 395 g/mol. The summed E-state index contributed by atoms with van der Waals surface area (Å²) in [5.74, 6) is -0.705.